The van der Waals surface area contributed by atoms with Crippen molar-refractivity contribution in [3.05, 3.63) is 36.0 Å². The number of nitrogens with zero attached hydrogens (tertiary/aromatic N) is 5. The van der Waals surface area contributed by atoms with Crippen LogP contribution in [-0.2, 0) is 4.79 Å². The fourth-order valence-corrected chi connectivity index (χ4v) is 4.06. The van der Waals surface area contributed by atoms with Crippen molar-refractivity contribution in [3.63, 3.8) is 0 Å². The van der Waals surface area contributed by atoms with Gasteiger partial charge >= 0.3 is 0 Å². The maximum Gasteiger partial charge on any atom is 0.236 e. The van der Waals surface area contributed by atoms with Crippen LogP contribution in [0.1, 0.15) is 25.0 Å². The van der Waals surface area contributed by atoms with Crippen molar-refractivity contribution in [2.24, 2.45) is 5.92 Å². The minimum Gasteiger partial charge on any atom is -0.354 e. The minimum absolute atomic E-state index is 0.286. The minimum atomic E-state index is 0.286. The highest BCUT2D eigenvalue weighted by Crippen LogP contribution is 2.29. The number of para-hydroxylation sites is 2. The Hall–Kier alpha value is -2.63. The monoisotopic (exact) mass is 349 g/mol. The van der Waals surface area contributed by atoms with E-state index in [1.807, 2.05) is 25.1 Å². The summed E-state index contributed by atoms with van der Waals surface area (Å²) in [6.45, 7) is 5.31. The number of anilines is 1. The van der Waals surface area contributed by atoms with E-state index in [0.29, 0.717) is 5.91 Å². The van der Waals surface area contributed by atoms with Gasteiger partial charge in [-0.3, -0.25) is 9.20 Å². The third kappa shape index (κ3) is 2.43. The number of aryl methyl sites for hydroxylation is 1. The topological polar surface area (TPSA) is 53.7 Å². The Morgan fingerprint density at radius 3 is 2.58 bits per heavy atom. The number of piperazine rings is 1. The van der Waals surface area contributed by atoms with Gasteiger partial charge in [-0.15, -0.1) is 0 Å². The standard InChI is InChI=1S/C20H23N5O/c1-14-13-18(25-17-8-3-2-7-16(17)22-20(25)21-14)23-9-11-24(12-10-23)19(26)15-5-4-6-15/h2-3,7-8,13,15H,4-6,9-12H2,1H3. The Kier molecular flexibility index (Phi) is 3.58. The molecule has 1 aliphatic carbocycles. The number of benzene rings is 1. The van der Waals surface area contributed by atoms with Crippen LogP contribution in [0.5, 0.6) is 0 Å². The second-order valence-corrected chi connectivity index (χ2v) is 7.43. The van der Waals surface area contributed by atoms with Crippen LogP contribution in [-0.4, -0.2) is 51.4 Å². The number of rotatable bonds is 2. The van der Waals surface area contributed by atoms with Crippen molar-refractivity contribution < 1.29 is 4.79 Å². The first-order valence-corrected chi connectivity index (χ1v) is 9.49. The molecule has 1 saturated carbocycles. The molecule has 1 amide bonds. The number of imidazole rings is 1. The van der Waals surface area contributed by atoms with Crippen molar-refractivity contribution >= 4 is 28.5 Å². The molecule has 0 atom stereocenters. The molecule has 6 heteroatoms. The molecule has 134 valence electrons. The zero-order chi connectivity index (χ0) is 17.7. The fraction of sp³-hybridized carbons (Fsp3) is 0.450. The molecule has 0 N–H and O–H groups in total. The van der Waals surface area contributed by atoms with Crippen molar-refractivity contribution in [3.8, 4) is 0 Å². The highest BCUT2D eigenvalue weighted by atomic mass is 16.2. The first-order valence-electron chi connectivity index (χ1n) is 9.49. The highest BCUT2D eigenvalue weighted by Gasteiger charge is 2.31. The summed E-state index contributed by atoms with van der Waals surface area (Å²) >= 11 is 0. The molecule has 6 nitrogen and oxygen atoms in total. The molecule has 26 heavy (non-hydrogen) atoms. The maximum absolute atomic E-state index is 12.5. The molecule has 0 spiro atoms. The van der Waals surface area contributed by atoms with E-state index in [-0.39, 0.29) is 5.92 Å². The Morgan fingerprint density at radius 1 is 1.08 bits per heavy atom. The van der Waals surface area contributed by atoms with Gasteiger partial charge in [-0.2, -0.15) is 0 Å². The van der Waals surface area contributed by atoms with Crippen molar-refractivity contribution in [1.29, 1.82) is 0 Å². The molecule has 0 unspecified atom stereocenters. The lowest BCUT2D eigenvalue weighted by Gasteiger charge is -2.39. The van der Waals surface area contributed by atoms with Crippen molar-refractivity contribution in [1.82, 2.24) is 19.3 Å². The fourth-order valence-electron chi connectivity index (χ4n) is 4.06. The SMILES string of the molecule is Cc1cc(N2CCN(C(=O)C3CCC3)CC2)n2c(n1)nc1ccccc12. The summed E-state index contributed by atoms with van der Waals surface area (Å²) in [6.07, 6.45) is 3.35. The molecule has 2 aliphatic rings. The van der Waals surface area contributed by atoms with Crippen LogP contribution in [0.3, 0.4) is 0 Å². The molecule has 2 aromatic heterocycles. The highest BCUT2D eigenvalue weighted by molar-refractivity contribution is 5.82. The van der Waals surface area contributed by atoms with Gasteiger partial charge in [-0.25, -0.2) is 9.97 Å². The molecule has 2 fully saturated rings. The van der Waals surface area contributed by atoms with E-state index in [4.69, 9.17) is 0 Å². The van der Waals surface area contributed by atoms with Gasteiger partial charge in [0, 0.05) is 43.9 Å². The first kappa shape index (κ1) is 15.6. The quantitative estimate of drug-likeness (QED) is 0.714. The summed E-state index contributed by atoms with van der Waals surface area (Å²) < 4.78 is 2.14. The van der Waals surface area contributed by atoms with Crippen LogP contribution in [0.2, 0.25) is 0 Å². The number of fused-ring (bicyclic) bond motifs is 3. The summed E-state index contributed by atoms with van der Waals surface area (Å²) in [5.41, 5.74) is 3.01. The maximum atomic E-state index is 12.5. The summed E-state index contributed by atoms with van der Waals surface area (Å²) in [6, 6.07) is 10.3. The number of hydrogen-bond acceptors (Lipinski definition) is 4. The van der Waals surface area contributed by atoms with Gasteiger partial charge < -0.3 is 9.80 Å². The van der Waals surface area contributed by atoms with Crippen LogP contribution < -0.4 is 4.90 Å². The van der Waals surface area contributed by atoms with Gasteiger partial charge in [0.05, 0.1) is 11.0 Å². The van der Waals surface area contributed by atoms with E-state index in [1.165, 1.54) is 6.42 Å². The zero-order valence-corrected chi connectivity index (χ0v) is 15.1. The second-order valence-electron chi connectivity index (χ2n) is 7.43. The van der Waals surface area contributed by atoms with E-state index in [2.05, 4.69) is 36.3 Å². The lowest BCUT2D eigenvalue weighted by atomic mass is 9.84. The van der Waals surface area contributed by atoms with Crippen LogP contribution >= 0.6 is 0 Å². The predicted octanol–water partition coefficient (Wildman–Crippen LogP) is 2.64. The molecule has 3 heterocycles. The van der Waals surface area contributed by atoms with Crippen molar-refractivity contribution in [2.45, 2.75) is 26.2 Å². The van der Waals surface area contributed by atoms with Gasteiger partial charge in [0.25, 0.3) is 0 Å². The normalized spacial score (nSPS) is 18.5. The molecular formula is C20H23N5O. The number of aromatic nitrogens is 3. The molecule has 0 radical (unpaired) electrons. The molecule has 1 saturated heterocycles. The number of hydrogen-bond donors (Lipinski definition) is 0. The Morgan fingerprint density at radius 2 is 1.85 bits per heavy atom. The van der Waals surface area contributed by atoms with Crippen LogP contribution in [0.15, 0.2) is 30.3 Å². The smallest absolute Gasteiger partial charge is 0.236 e. The van der Waals surface area contributed by atoms with Gasteiger partial charge in [0.15, 0.2) is 0 Å². The third-order valence-electron chi connectivity index (χ3n) is 5.76. The van der Waals surface area contributed by atoms with E-state index in [9.17, 15) is 4.79 Å². The Bertz CT molecular complexity index is 982. The predicted molar refractivity (Wildman–Crippen MR) is 101 cm³/mol. The van der Waals surface area contributed by atoms with Gasteiger partial charge in [0.2, 0.25) is 11.7 Å². The molecule has 5 rings (SSSR count). The zero-order valence-electron chi connectivity index (χ0n) is 15.1. The lowest BCUT2D eigenvalue weighted by molar-refractivity contribution is -0.138. The third-order valence-corrected chi connectivity index (χ3v) is 5.76. The van der Waals surface area contributed by atoms with E-state index < -0.39 is 0 Å². The first-order chi connectivity index (χ1) is 12.7. The summed E-state index contributed by atoms with van der Waals surface area (Å²) in [5, 5.41) is 0. The van der Waals surface area contributed by atoms with Crippen LogP contribution in [0.4, 0.5) is 5.82 Å². The Balaban J connectivity index is 1.47. The summed E-state index contributed by atoms with van der Waals surface area (Å²) in [5.74, 6) is 2.51. The molecular weight excluding hydrogens is 326 g/mol. The van der Waals surface area contributed by atoms with Gasteiger partial charge in [-0.1, -0.05) is 18.6 Å². The van der Waals surface area contributed by atoms with E-state index >= 15 is 0 Å². The molecule has 3 aromatic rings. The summed E-state index contributed by atoms with van der Waals surface area (Å²) in [4.78, 5) is 26.2. The number of amides is 1. The van der Waals surface area contributed by atoms with E-state index in [0.717, 1.165) is 67.3 Å². The molecule has 1 aromatic carbocycles. The number of carbonyl (C=O) groups excluding carboxylic acids is 1. The molecule has 0 bridgehead atoms. The number of carbonyl (C=O) groups is 1. The molecule has 1 aliphatic heterocycles. The second kappa shape index (κ2) is 5.97. The van der Waals surface area contributed by atoms with Crippen LogP contribution in [0, 0.1) is 12.8 Å². The largest absolute Gasteiger partial charge is 0.354 e. The lowest BCUT2D eigenvalue weighted by Crippen LogP contribution is -2.51. The van der Waals surface area contributed by atoms with Crippen molar-refractivity contribution in [2.75, 3.05) is 31.1 Å². The van der Waals surface area contributed by atoms with E-state index in [1.54, 1.807) is 0 Å². The summed E-state index contributed by atoms with van der Waals surface area (Å²) in [7, 11) is 0. The van der Waals surface area contributed by atoms with Crippen LogP contribution in [0.25, 0.3) is 16.8 Å². The van der Waals surface area contributed by atoms with Gasteiger partial charge in [-0.05, 0) is 31.9 Å². The average molecular weight is 349 g/mol. The Labute approximate surface area is 152 Å². The van der Waals surface area contributed by atoms with Gasteiger partial charge in [0.1, 0.15) is 5.82 Å². The average Bonchev–Trinajstić information content (AvgIpc) is 2.97.